The Labute approximate surface area is 158 Å². The highest BCUT2D eigenvalue weighted by molar-refractivity contribution is 5.86. The molecule has 2 aliphatic rings. The summed E-state index contributed by atoms with van der Waals surface area (Å²) in [4.78, 5) is 33.5. The van der Waals surface area contributed by atoms with Crippen LogP contribution < -0.4 is 4.90 Å². The Bertz CT molecular complexity index is 792. The van der Waals surface area contributed by atoms with Crippen molar-refractivity contribution >= 4 is 29.0 Å². The summed E-state index contributed by atoms with van der Waals surface area (Å²) in [6, 6.07) is 7.90. The van der Waals surface area contributed by atoms with Crippen molar-refractivity contribution in [1.82, 2.24) is 9.88 Å². The molecule has 0 saturated carbocycles. The van der Waals surface area contributed by atoms with E-state index in [9.17, 15) is 9.59 Å². The Morgan fingerprint density at radius 2 is 1.89 bits per heavy atom. The predicted molar refractivity (Wildman–Crippen MR) is 100 cm³/mol. The van der Waals surface area contributed by atoms with Crippen molar-refractivity contribution in [3.05, 3.63) is 24.3 Å². The van der Waals surface area contributed by atoms with Crippen molar-refractivity contribution in [3.8, 4) is 0 Å². The number of hydrogen-bond acceptors (Lipinski definition) is 6. The highest BCUT2D eigenvalue weighted by atomic mass is 16.5. The molecule has 2 fully saturated rings. The van der Waals surface area contributed by atoms with Crippen LogP contribution in [-0.2, 0) is 14.3 Å². The third kappa shape index (κ3) is 3.50. The SMILES string of the molecule is COC(=O)C1CCCCN1C(=O)C1CCN(c2nc3ccccc3o2)CC1. The Morgan fingerprint density at radius 1 is 1.11 bits per heavy atom. The van der Waals surface area contributed by atoms with Gasteiger partial charge in [0.1, 0.15) is 11.6 Å². The highest BCUT2D eigenvalue weighted by Gasteiger charge is 2.37. The summed E-state index contributed by atoms with van der Waals surface area (Å²) in [5, 5.41) is 0. The number of carbonyl (C=O) groups is 2. The van der Waals surface area contributed by atoms with Gasteiger partial charge in [0.15, 0.2) is 5.58 Å². The number of amides is 1. The van der Waals surface area contributed by atoms with Crippen molar-refractivity contribution in [2.75, 3.05) is 31.6 Å². The van der Waals surface area contributed by atoms with Crippen LogP contribution in [-0.4, -0.2) is 54.5 Å². The molecule has 1 amide bonds. The van der Waals surface area contributed by atoms with Crippen LogP contribution in [0.1, 0.15) is 32.1 Å². The van der Waals surface area contributed by atoms with E-state index in [1.54, 1.807) is 4.90 Å². The van der Waals surface area contributed by atoms with Crippen molar-refractivity contribution < 1.29 is 18.7 Å². The first-order valence-corrected chi connectivity index (χ1v) is 9.66. The standard InChI is InChI=1S/C20H25N3O4/c1-26-19(25)16-7-4-5-11-23(16)18(24)14-9-12-22(13-10-14)20-21-15-6-2-3-8-17(15)27-20/h2-3,6,8,14,16H,4-5,7,9-13H2,1H3. The number of methoxy groups -OCH3 is 1. The van der Waals surface area contributed by atoms with Crippen molar-refractivity contribution in [2.24, 2.45) is 5.92 Å². The number of hydrogen-bond donors (Lipinski definition) is 0. The van der Waals surface area contributed by atoms with Gasteiger partial charge in [-0.15, -0.1) is 0 Å². The lowest BCUT2D eigenvalue weighted by Crippen LogP contribution is -2.52. The van der Waals surface area contributed by atoms with Gasteiger partial charge in [0.2, 0.25) is 5.91 Å². The molecule has 7 heteroatoms. The van der Waals surface area contributed by atoms with E-state index in [0.29, 0.717) is 19.0 Å². The van der Waals surface area contributed by atoms with Gasteiger partial charge in [-0.3, -0.25) is 4.79 Å². The maximum absolute atomic E-state index is 13.0. The first-order valence-electron chi connectivity index (χ1n) is 9.66. The Morgan fingerprint density at radius 3 is 2.63 bits per heavy atom. The number of likely N-dealkylation sites (tertiary alicyclic amines) is 1. The normalized spacial score (nSPS) is 21.4. The molecule has 2 aromatic rings. The van der Waals surface area contributed by atoms with Crippen LogP contribution in [0.3, 0.4) is 0 Å². The molecule has 0 aliphatic carbocycles. The van der Waals surface area contributed by atoms with Gasteiger partial charge in [0, 0.05) is 25.6 Å². The number of aromatic nitrogens is 1. The number of benzene rings is 1. The molecular weight excluding hydrogens is 346 g/mol. The Kier molecular flexibility index (Phi) is 5.01. The van der Waals surface area contributed by atoms with Gasteiger partial charge in [-0.1, -0.05) is 12.1 Å². The number of para-hydroxylation sites is 2. The molecule has 0 bridgehead atoms. The van der Waals surface area contributed by atoms with Gasteiger partial charge in [-0.25, -0.2) is 4.79 Å². The number of piperidine rings is 2. The molecule has 1 aromatic heterocycles. The molecule has 1 atom stereocenters. The summed E-state index contributed by atoms with van der Waals surface area (Å²) < 4.78 is 10.7. The quantitative estimate of drug-likeness (QED) is 0.772. The van der Waals surface area contributed by atoms with E-state index >= 15 is 0 Å². The van der Waals surface area contributed by atoms with Crippen molar-refractivity contribution in [2.45, 2.75) is 38.1 Å². The molecule has 0 N–H and O–H groups in total. The van der Waals surface area contributed by atoms with Crippen LogP contribution in [0.5, 0.6) is 0 Å². The van der Waals surface area contributed by atoms with Gasteiger partial charge in [0.25, 0.3) is 6.01 Å². The molecule has 2 saturated heterocycles. The number of esters is 1. The number of fused-ring (bicyclic) bond motifs is 1. The van der Waals surface area contributed by atoms with Crippen LogP contribution in [0.25, 0.3) is 11.1 Å². The lowest BCUT2D eigenvalue weighted by atomic mass is 9.92. The smallest absolute Gasteiger partial charge is 0.328 e. The van der Waals surface area contributed by atoms with Gasteiger partial charge < -0.3 is 19.0 Å². The largest absolute Gasteiger partial charge is 0.467 e. The zero-order valence-corrected chi connectivity index (χ0v) is 15.6. The molecule has 3 heterocycles. The predicted octanol–water partition coefficient (Wildman–Crippen LogP) is 2.60. The average molecular weight is 371 g/mol. The van der Waals surface area contributed by atoms with Gasteiger partial charge in [0.05, 0.1) is 7.11 Å². The number of nitrogens with zero attached hydrogens (tertiary/aromatic N) is 3. The minimum Gasteiger partial charge on any atom is -0.467 e. The minimum absolute atomic E-state index is 0.0594. The van der Waals surface area contributed by atoms with Gasteiger partial charge >= 0.3 is 5.97 Å². The second-order valence-electron chi connectivity index (χ2n) is 7.29. The van der Waals surface area contributed by atoms with Crippen molar-refractivity contribution in [1.29, 1.82) is 0 Å². The number of ether oxygens (including phenoxy) is 1. The molecule has 1 unspecified atom stereocenters. The first-order chi connectivity index (χ1) is 13.2. The topological polar surface area (TPSA) is 75.9 Å². The summed E-state index contributed by atoms with van der Waals surface area (Å²) in [5.41, 5.74) is 1.62. The third-order valence-corrected chi connectivity index (χ3v) is 5.66. The van der Waals surface area contributed by atoms with Crippen LogP contribution in [0.4, 0.5) is 6.01 Å². The number of oxazole rings is 1. The minimum atomic E-state index is -0.425. The second kappa shape index (κ2) is 7.58. The van der Waals surface area contributed by atoms with Crippen LogP contribution in [0, 0.1) is 5.92 Å². The van der Waals surface area contributed by atoms with Gasteiger partial charge in [-0.2, -0.15) is 4.98 Å². The fourth-order valence-corrected chi connectivity index (χ4v) is 4.12. The van der Waals surface area contributed by atoms with Crippen molar-refractivity contribution in [3.63, 3.8) is 0 Å². The zero-order valence-electron chi connectivity index (χ0n) is 15.6. The van der Waals surface area contributed by atoms with E-state index in [1.807, 2.05) is 24.3 Å². The van der Waals surface area contributed by atoms with Crippen LogP contribution in [0.2, 0.25) is 0 Å². The highest BCUT2D eigenvalue weighted by Crippen LogP contribution is 2.29. The molecule has 0 spiro atoms. The van der Waals surface area contributed by atoms with E-state index in [0.717, 1.165) is 49.9 Å². The van der Waals surface area contributed by atoms with E-state index in [4.69, 9.17) is 9.15 Å². The Hall–Kier alpha value is -2.57. The first kappa shape index (κ1) is 17.8. The lowest BCUT2D eigenvalue weighted by molar-refractivity contribution is -0.156. The summed E-state index contributed by atoms with van der Waals surface area (Å²) >= 11 is 0. The van der Waals surface area contributed by atoms with Crippen LogP contribution in [0.15, 0.2) is 28.7 Å². The van der Waals surface area contributed by atoms with Crippen LogP contribution >= 0.6 is 0 Å². The fourth-order valence-electron chi connectivity index (χ4n) is 4.12. The molecule has 0 radical (unpaired) electrons. The summed E-state index contributed by atoms with van der Waals surface area (Å²) in [5.74, 6) is -0.273. The molecule has 4 rings (SSSR count). The second-order valence-corrected chi connectivity index (χ2v) is 7.29. The lowest BCUT2D eigenvalue weighted by Gasteiger charge is -2.38. The number of carbonyl (C=O) groups excluding carboxylic acids is 2. The van der Waals surface area contributed by atoms with E-state index in [1.165, 1.54) is 7.11 Å². The maximum Gasteiger partial charge on any atom is 0.328 e. The average Bonchev–Trinajstić information content (AvgIpc) is 3.17. The third-order valence-electron chi connectivity index (χ3n) is 5.66. The molecule has 2 aliphatic heterocycles. The van der Waals surface area contributed by atoms with E-state index < -0.39 is 6.04 Å². The number of anilines is 1. The van der Waals surface area contributed by atoms with E-state index in [2.05, 4.69) is 9.88 Å². The summed E-state index contributed by atoms with van der Waals surface area (Å²) in [6.07, 6.45) is 4.07. The van der Waals surface area contributed by atoms with Gasteiger partial charge in [-0.05, 0) is 44.2 Å². The van der Waals surface area contributed by atoms with E-state index in [-0.39, 0.29) is 17.8 Å². The monoisotopic (exact) mass is 371 g/mol. The molecule has 7 nitrogen and oxygen atoms in total. The number of rotatable bonds is 3. The molecule has 144 valence electrons. The summed E-state index contributed by atoms with van der Waals surface area (Å²) in [7, 11) is 1.39. The molecule has 27 heavy (non-hydrogen) atoms. The zero-order chi connectivity index (χ0) is 18.8. The maximum atomic E-state index is 13.0. The summed E-state index contributed by atoms with van der Waals surface area (Å²) in [6.45, 7) is 2.09. The molecular formula is C20H25N3O4. The Balaban J connectivity index is 1.40. The molecule has 1 aromatic carbocycles. The fraction of sp³-hybridized carbons (Fsp3) is 0.550.